The molecule has 6 nitrogen and oxygen atoms in total. The number of hydrogen-bond acceptors (Lipinski definition) is 4. The summed E-state index contributed by atoms with van der Waals surface area (Å²) in [4.78, 5) is 25.9. The first-order chi connectivity index (χ1) is 10.5. The van der Waals surface area contributed by atoms with Crippen LogP contribution in [0.5, 0.6) is 0 Å². The second kappa shape index (κ2) is 7.79. The van der Waals surface area contributed by atoms with Gasteiger partial charge in [0.25, 0.3) is 0 Å². The fourth-order valence-corrected chi connectivity index (χ4v) is 2.52. The van der Waals surface area contributed by atoms with Gasteiger partial charge in [0.15, 0.2) is 0 Å². The van der Waals surface area contributed by atoms with Crippen LogP contribution in [-0.2, 0) is 9.59 Å². The van der Waals surface area contributed by atoms with Crippen molar-refractivity contribution >= 4 is 23.3 Å². The molecule has 1 aliphatic rings. The van der Waals surface area contributed by atoms with Crippen LogP contribution in [0.2, 0.25) is 0 Å². The molecule has 1 aromatic rings. The number of rotatable bonds is 6. The third kappa shape index (κ3) is 5.04. The van der Waals surface area contributed by atoms with Gasteiger partial charge in [-0.1, -0.05) is 0 Å². The molecule has 0 aromatic heterocycles. The van der Waals surface area contributed by atoms with Crippen LogP contribution >= 0.6 is 0 Å². The Morgan fingerprint density at radius 1 is 1.18 bits per heavy atom. The lowest BCUT2D eigenvalue weighted by molar-refractivity contribution is -0.880. The molecule has 22 heavy (non-hydrogen) atoms. The predicted octanol–water partition coefficient (Wildman–Crippen LogP) is -1.12. The molecule has 0 saturated carbocycles. The highest BCUT2D eigenvalue weighted by atomic mass is 16.4. The topological polar surface area (TPSA) is 76.9 Å². The molecule has 1 saturated heterocycles. The van der Waals surface area contributed by atoms with E-state index in [4.69, 9.17) is 0 Å². The number of aliphatic carboxylic acids is 1. The first-order valence-electron chi connectivity index (χ1n) is 7.70. The Balaban J connectivity index is 1.81. The Morgan fingerprint density at radius 2 is 1.82 bits per heavy atom. The molecule has 0 aliphatic carbocycles. The van der Waals surface area contributed by atoms with Crippen molar-refractivity contribution in [1.29, 1.82) is 0 Å². The van der Waals surface area contributed by atoms with Crippen molar-refractivity contribution in [2.24, 2.45) is 0 Å². The van der Waals surface area contributed by atoms with Crippen molar-refractivity contribution in [3.63, 3.8) is 0 Å². The maximum absolute atomic E-state index is 11.7. The second-order valence-electron chi connectivity index (χ2n) is 5.76. The lowest BCUT2D eigenvalue weighted by atomic mass is 10.2. The van der Waals surface area contributed by atoms with Gasteiger partial charge in [-0.25, -0.2) is 0 Å². The van der Waals surface area contributed by atoms with Gasteiger partial charge in [-0.2, -0.15) is 0 Å². The summed E-state index contributed by atoms with van der Waals surface area (Å²) in [5.41, 5.74) is 1.91. The summed E-state index contributed by atoms with van der Waals surface area (Å²) >= 11 is 0. The molecule has 120 valence electrons. The number of carbonyl (C=O) groups is 2. The summed E-state index contributed by atoms with van der Waals surface area (Å²) in [6.07, 6.45) is 0.407. The molecule has 2 N–H and O–H groups in total. The molecular formula is C16H23N3O3. The number of carboxylic acid groups (broad SMARTS) is 1. The predicted molar refractivity (Wildman–Crippen MR) is 82.8 cm³/mol. The number of likely N-dealkylation sites (N-methyl/N-ethyl adjacent to an activating group) is 1. The zero-order valence-corrected chi connectivity index (χ0v) is 12.9. The minimum Gasteiger partial charge on any atom is -0.550 e. The first-order valence-corrected chi connectivity index (χ1v) is 7.70. The summed E-state index contributed by atoms with van der Waals surface area (Å²) in [6, 6.07) is 7.79. The van der Waals surface area contributed by atoms with E-state index < -0.39 is 5.97 Å². The molecule has 1 fully saturated rings. The minimum absolute atomic E-state index is 0.0856. The lowest BCUT2D eigenvalue weighted by Gasteiger charge is -2.31. The monoisotopic (exact) mass is 305 g/mol. The maximum atomic E-state index is 11.7. The number of carboxylic acids is 1. The van der Waals surface area contributed by atoms with Gasteiger partial charge in [0.2, 0.25) is 5.91 Å². The highest BCUT2D eigenvalue weighted by molar-refractivity contribution is 5.91. The number of carbonyl (C=O) groups excluding carboxylic acids is 2. The van der Waals surface area contributed by atoms with E-state index in [-0.39, 0.29) is 18.7 Å². The van der Waals surface area contributed by atoms with Gasteiger partial charge in [0.05, 0.1) is 33.2 Å². The van der Waals surface area contributed by atoms with E-state index in [1.165, 1.54) is 5.69 Å². The van der Waals surface area contributed by atoms with Crippen molar-refractivity contribution in [3.05, 3.63) is 24.3 Å². The number of piperazine rings is 1. The molecule has 1 aromatic carbocycles. The van der Waals surface area contributed by atoms with Crippen LogP contribution < -0.4 is 20.2 Å². The van der Waals surface area contributed by atoms with E-state index in [2.05, 4.69) is 17.3 Å². The summed E-state index contributed by atoms with van der Waals surface area (Å²) in [5.74, 6) is -1.29. The van der Waals surface area contributed by atoms with E-state index >= 15 is 0 Å². The van der Waals surface area contributed by atoms with Crippen LogP contribution in [-0.4, -0.2) is 45.1 Å². The van der Waals surface area contributed by atoms with Crippen LogP contribution in [0.1, 0.15) is 19.3 Å². The van der Waals surface area contributed by atoms with Crippen LogP contribution in [0.4, 0.5) is 11.4 Å². The second-order valence-corrected chi connectivity index (χ2v) is 5.76. The Labute approximate surface area is 130 Å². The quantitative estimate of drug-likeness (QED) is 0.698. The van der Waals surface area contributed by atoms with Crippen molar-refractivity contribution in [2.45, 2.75) is 19.3 Å². The number of amides is 1. The van der Waals surface area contributed by atoms with Gasteiger partial charge in [0.1, 0.15) is 0 Å². The van der Waals surface area contributed by atoms with E-state index in [1.807, 2.05) is 24.3 Å². The molecular weight excluding hydrogens is 282 g/mol. The Hall–Kier alpha value is -2.08. The standard InChI is InChI=1S/C16H23N3O3/c1-18-9-11-19(12-10-18)14-7-5-13(6-8-14)17-15(20)3-2-4-16(21)22/h5-8H,2-4,9-12H2,1H3,(H,17,20)(H,21,22). The van der Waals surface area contributed by atoms with Crippen molar-refractivity contribution in [2.75, 3.05) is 43.4 Å². The Kier molecular flexibility index (Phi) is 5.77. The van der Waals surface area contributed by atoms with E-state index in [0.717, 1.165) is 31.9 Å². The molecule has 6 heteroatoms. The number of hydrogen-bond donors (Lipinski definition) is 2. The van der Waals surface area contributed by atoms with Crippen molar-refractivity contribution in [1.82, 2.24) is 0 Å². The van der Waals surface area contributed by atoms with Crippen molar-refractivity contribution < 1.29 is 19.6 Å². The average Bonchev–Trinajstić information content (AvgIpc) is 2.48. The highest BCUT2D eigenvalue weighted by Crippen LogP contribution is 2.18. The fourth-order valence-electron chi connectivity index (χ4n) is 2.52. The van der Waals surface area contributed by atoms with Crippen LogP contribution in [0, 0.1) is 0 Å². The summed E-state index contributed by atoms with van der Waals surface area (Å²) in [5, 5.41) is 13.1. The molecule has 2 rings (SSSR count). The summed E-state index contributed by atoms with van der Waals surface area (Å²) < 4.78 is 0. The number of nitrogens with one attached hydrogen (secondary N) is 2. The lowest BCUT2D eigenvalue weighted by Crippen LogP contribution is -3.12. The van der Waals surface area contributed by atoms with Gasteiger partial charge < -0.3 is 25.0 Å². The highest BCUT2D eigenvalue weighted by Gasteiger charge is 2.16. The van der Waals surface area contributed by atoms with E-state index in [9.17, 15) is 14.7 Å². The molecule has 0 bridgehead atoms. The molecule has 1 amide bonds. The average molecular weight is 305 g/mol. The first kappa shape index (κ1) is 16.3. The minimum atomic E-state index is -1.12. The fraction of sp³-hybridized carbons (Fsp3) is 0.500. The smallest absolute Gasteiger partial charge is 0.224 e. The third-order valence-corrected chi connectivity index (χ3v) is 3.92. The molecule has 0 atom stereocenters. The van der Waals surface area contributed by atoms with Crippen LogP contribution in [0.25, 0.3) is 0 Å². The van der Waals surface area contributed by atoms with Crippen molar-refractivity contribution in [3.8, 4) is 0 Å². The zero-order valence-electron chi connectivity index (χ0n) is 12.9. The number of anilines is 2. The third-order valence-electron chi connectivity index (χ3n) is 3.92. The van der Waals surface area contributed by atoms with Gasteiger partial charge in [0, 0.05) is 23.8 Å². The number of nitrogens with zero attached hydrogens (tertiary/aromatic N) is 1. The Bertz CT molecular complexity index is 508. The van der Waals surface area contributed by atoms with Gasteiger partial charge in [-0.3, -0.25) is 4.79 Å². The maximum Gasteiger partial charge on any atom is 0.224 e. The normalized spacial score (nSPS) is 15.6. The molecule has 1 aliphatic heterocycles. The zero-order chi connectivity index (χ0) is 15.9. The van der Waals surface area contributed by atoms with E-state index in [0.29, 0.717) is 6.42 Å². The van der Waals surface area contributed by atoms with Gasteiger partial charge in [-0.15, -0.1) is 0 Å². The summed E-state index contributed by atoms with van der Waals surface area (Å²) in [6.45, 7) is 4.36. The summed E-state index contributed by atoms with van der Waals surface area (Å²) in [7, 11) is 2.20. The molecule has 0 spiro atoms. The van der Waals surface area contributed by atoms with Crippen LogP contribution in [0.15, 0.2) is 24.3 Å². The van der Waals surface area contributed by atoms with Gasteiger partial charge in [-0.05, 0) is 37.1 Å². The molecule has 0 radical (unpaired) electrons. The Morgan fingerprint density at radius 3 is 2.41 bits per heavy atom. The number of quaternary nitrogens is 1. The van der Waals surface area contributed by atoms with Gasteiger partial charge >= 0.3 is 0 Å². The largest absolute Gasteiger partial charge is 0.550 e. The SMILES string of the molecule is C[NH+]1CCN(c2ccc(NC(=O)CCCC(=O)[O-])cc2)CC1. The molecule has 0 unspecified atom stereocenters. The van der Waals surface area contributed by atoms with E-state index in [1.54, 1.807) is 4.90 Å². The molecule has 1 heterocycles. The van der Waals surface area contributed by atoms with Crippen LogP contribution in [0.3, 0.4) is 0 Å². The number of benzene rings is 1.